The lowest BCUT2D eigenvalue weighted by Gasteiger charge is -2.20. The molecule has 1 aromatic rings. The maximum atomic E-state index is 13.8. The molecule has 3 rings (SSSR count). The molecule has 1 aromatic carbocycles. The molecular weight excluding hydrogens is 285 g/mol. The van der Waals surface area contributed by atoms with Crippen LogP contribution < -0.4 is 5.32 Å². The number of aliphatic carboxylic acids is 1. The first-order valence-corrected chi connectivity index (χ1v) is 7.81. The molecule has 5 heteroatoms. The molecule has 2 saturated carbocycles. The van der Waals surface area contributed by atoms with Gasteiger partial charge in [-0.3, -0.25) is 9.59 Å². The van der Waals surface area contributed by atoms with Gasteiger partial charge in [-0.25, -0.2) is 4.39 Å². The van der Waals surface area contributed by atoms with Crippen molar-refractivity contribution in [3.8, 4) is 0 Å². The van der Waals surface area contributed by atoms with Gasteiger partial charge in [0.05, 0.1) is 6.42 Å². The van der Waals surface area contributed by atoms with Crippen LogP contribution in [0.4, 0.5) is 10.1 Å². The average molecular weight is 305 g/mol. The number of amides is 1. The first-order valence-electron chi connectivity index (χ1n) is 7.81. The van der Waals surface area contributed by atoms with Crippen LogP contribution in [-0.4, -0.2) is 17.0 Å². The highest BCUT2D eigenvalue weighted by molar-refractivity contribution is 5.91. The van der Waals surface area contributed by atoms with E-state index in [1.54, 1.807) is 6.07 Å². The highest BCUT2D eigenvalue weighted by Crippen LogP contribution is 2.49. The number of rotatable bonds is 5. The zero-order valence-corrected chi connectivity index (χ0v) is 12.3. The van der Waals surface area contributed by atoms with E-state index in [1.165, 1.54) is 31.4 Å². The summed E-state index contributed by atoms with van der Waals surface area (Å²) in [5.74, 6) is 0.200. The Hall–Kier alpha value is -1.91. The standard InChI is InChI=1S/C17H20FNO3/c18-15-9-14(4-3-12(15)8-17(21)22)19-16(20)7-13-6-10-1-2-11(13)5-10/h3-4,9-11,13H,1-2,5-8H2,(H,19,20)(H,21,22). The smallest absolute Gasteiger partial charge is 0.307 e. The Balaban J connectivity index is 1.57. The van der Waals surface area contributed by atoms with Crippen molar-refractivity contribution in [2.24, 2.45) is 17.8 Å². The molecule has 2 fully saturated rings. The first kappa shape index (κ1) is 15.0. The summed E-state index contributed by atoms with van der Waals surface area (Å²) in [4.78, 5) is 22.7. The highest BCUT2D eigenvalue weighted by atomic mass is 19.1. The third-order valence-corrected chi connectivity index (χ3v) is 5.01. The van der Waals surface area contributed by atoms with E-state index in [-0.39, 0.29) is 17.9 Å². The van der Waals surface area contributed by atoms with Gasteiger partial charge in [-0.05, 0) is 54.7 Å². The Morgan fingerprint density at radius 1 is 1.27 bits per heavy atom. The van der Waals surface area contributed by atoms with Crippen LogP contribution in [0.3, 0.4) is 0 Å². The molecule has 0 spiro atoms. The number of hydrogen-bond acceptors (Lipinski definition) is 2. The molecule has 2 aliphatic rings. The number of carbonyl (C=O) groups is 2. The number of carboxylic acids is 1. The lowest BCUT2D eigenvalue weighted by molar-refractivity contribution is -0.136. The highest BCUT2D eigenvalue weighted by Gasteiger charge is 2.40. The summed E-state index contributed by atoms with van der Waals surface area (Å²) in [6.07, 6.45) is 5.09. The van der Waals surface area contributed by atoms with Crippen LogP contribution in [0.25, 0.3) is 0 Å². The van der Waals surface area contributed by atoms with E-state index in [9.17, 15) is 14.0 Å². The van der Waals surface area contributed by atoms with Gasteiger partial charge in [0.25, 0.3) is 0 Å². The molecule has 0 heterocycles. The Morgan fingerprint density at radius 2 is 2.09 bits per heavy atom. The van der Waals surface area contributed by atoms with Gasteiger partial charge in [0, 0.05) is 12.1 Å². The van der Waals surface area contributed by atoms with Gasteiger partial charge >= 0.3 is 5.97 Å². The fourth-order valence-electron chi connectivity index (χ4n) is 4.01. The Morgan fingerprint density at radius 3 is 2.68 bits per heavy atom. The fraction of sp³-hybridized carbons (Fsp3) is 0.529. The van der Waals surface area contributed by atoms with Crippen molar-refractivity contribution in [2.75, 3.05) is 5.32 Å². The molecule has 0 aromatic heterocycles. The molecule has 22 heavy (non-hydrogen) atoms. The first-order chi connectivity index (χ1) is 10.5. The number of carboxylic acid groups (broad SMARTS) is 1. The molecule has 1 amide bonds. The van der Waals surface area contributed by atoms with E-state index < -0.39 is 11.8 Å². The SMILES string of the molecule is O=C(O)Cc1ccc(NC(=O)CC2CC3CCC2C3)cc1F. The van der Waals surface area contributed by atoms with Gasteiger partial charge in [0.1, 0.15) is 5.82 Å². The molecule has 118 valence electrons. The second kappa shape index (κ2) is 6.07. The van der Waals surface area contributed by atoms with Gasteiger partial charge in [0.2, 0.25) is 5.91 Å². The number of hydrogen-bond donors (Lipinski definition) is 2. The van der Waals surface area contributed by atoms with Crippen molar-refractivity contribution >= 4 is 17.6 Å². The monoisotopic (exact) mass is 305 g/mol. The summed E-state index contributed by atoms with van der Waals surface area (Å²) < 4.78 is 13.8. The molecule has 0 aliphatic heterocycles. The molecule has 0 radical (unpaired) electrons. The second-order valence-corrected chi connectivity index (χ2v) is 6.56. The number of anilines is 1. The van der Waals surface area contributed by atoms with Gasteiger partial charge < -0.3 is 10.4 Å². The molecule has 0 saturated heterocycles. The van der Waals surface area contributed by atoms with Crippen LogP contribution in [0.1, 0.15) is 37.7 Å². The maximum Gasteiger partial charge on any atom is 0.307 e. The predicted octanol–water partition coefficient (Wildman–Crippen LogP) is 3.22. The number of benzene rings is 1. The number of fused-ring (bicyclic) bond motifs is 2. The van der Waals surface area contributed by atoms with E-state index in [2.05, 4.69) is 5.32 Å². The van der Waals surface area contributed by atoms with Crippen molar-refractivity contribution < 1.29 is 19.1 Å². The van der Waals surface area contributed by atoms with Gasteiger partial charge in [0.15, 0.2) is 0 Å². The van der Waals surface area contributed by atoms with E-state index in [4.69, 9.17) is 5.11 Å². The molecule has 2 aliphatic carbocycles. The predicted molar refractivity (Wildman–Crippen MR) is 79.9 cm³/mol. The molecule has 4 nitrogen and oxygen atoms in total. The average Bonchev–Trinajstić information content (AvgIpc) is 3.03. The lowest BCUT2D eigenvalue weighted by Crippen LogP contribution is -2.20. The van der Waals surface area contributed by atoms with E-state index in [0.29, 0.717) is 23.9 Å². The van der Waals surface area contributed by atoms with Crippen molar-refractivity contribution in [3.05, 3.63) is 29.6 Å². The fourth-order valence-corrected chi connectivity index (χ4v) is 4.01. The van der Waals surface area contributed by atoms with Crippen LogP contribution in [0.2, 0.25) is 0 Å². The van der Waals surface area contributed by atoms with Crippen LogP contribution in [0.15, 0.2) is 18.2 Å². The minimum absolute atomic E-state index is 0.0806. The second-order valence-electron chi connectivity index (χ2n) is 6.56. The minimum atomic E-state index is -1.08. The molecular formula is C17H20FNO3. The number of nitrogens with one attached hydrogen (secondary N) is 1. The molecule has 2 bridgehead atoms. The summed E-state index contributed by atoms with van der Waals surface area (Å²) in [5, 5.41) is 11.4. The third kappa shape index (κ3) is 3.29. The van der Waals surface area contributed by atoms with Gasteiger partial charge in [-0.1, -0.05) is 12.5 Å². The summed E-state index contributed by atoms with van der Waals surface area (Å²) in [6, 6.07) is 4.16. The third-order valence-electron chi connectivity index (χ3n) is 5.01. The van der Waals surface area contributed by atoms with E-state index in [0.717, 1.165) is 12.3 Å². The van der Waals surface area contributed by atoms with Crippen molar-refractivity contribution in [1.29, 1.82) is 0 Å². The number of halogens is 1. The lowest BCUT2D eigenvalue weighted by atomic mass is 9.86. The van der Waals surface area contributed by atoms with Crippen LogP contribution in [-0.2, 0) is 16.0 Å². The van der Waals surface area contributed by atoms with Crippen molar-refractivity contribution in [2.45, 2.75) is 38.5 Å². The van der Waals surface area contributed by atoms with E-state index >= 15 is 0 Å². The molecule has 2 N–H and O–H groups in total. The maximum absolute atomic E-state index is 13.8. The Bertz CT molecular complexity index is 602. The summed E-state index contributed by atoms with van der Waals surface area (Å²) >= 11 is 0. The van der Waals surface area contributed by atoms with Gasteiger partial charge in [-0.15, -0.1) is 0 Å². The Labute approximate surface area is 128 Å². The topological polar surface area (TPSA) is 66.4 Å². The largest absolute Gasteiger partial charge is 0.481 e. The van der Waals surface area contributed by atoms with E-state index in [1.807, 2.05) is 0 Å². The zero-order chi connectivity index (χ0) is 15.7. The van der Waals surface area contributed by atoms with Crippen LogP contribution in [0, 0.1) is 23.6 Å². The van der Waals surface area contributed by atoms with Gasteiger partial charge in [-0.2, -0.15) is 0 Å². The van der Waals surface area contributed by atoms with Crippen molar-refractivity contribution in [1.82, 2.24) is 0 Å². The number of carbonyl (C=O) groups excluding carboxylic acids is 1. The summed E-state index contributed by atoms with van der Waals surface area (Å²) in [6.45, 7) is 0. The van der Waals surface area contributed by atoms with Crippen LogP contribution >= 0.6 is 0 Å². The zero-order valence-electron chi connectivity index (χ0n) is 12.3. The van der Waals surface area contributed by atoms with Crippen LogP contribution in [0.5, 0.6) is 0 Å². The minimum Gasteiger partial charge on any atom is -0.481 e. The summed E-state index contributed by atoms with van der Waals surface area (Å²) in [5.41, 5.74) is 0.512. The molecule has 3 atom stereocenters. The normalized spacial score (nSPS) is 26.1. The molecule has 3 unspecified atom stereocenters. The summed E-state index contributed by atoms with van der Waals surface area (Å²) in [7, 11) is 0. The Kier molecular flexibility index (Phi) is 4.14. The van der Waals surface area contributed by atoms with Crippen molar-refractivity contribution in [3.63, 3.8) is 0 Å². The quantitative estimate of drug-likeness (QED) is 0.877.